The van der Waals surface area contributed by atoms with Crippen LogP contribution >= 0.6 is 0 Å². The first-order chi connectivity index (χ1) is 18.5. The molecule has 0 bridgehead atoms. The van der Waals surface area contributed by atoms with Crippen LogP contribution in [0.5, 0.6) is 17.2 Å². The summed E-state index contributed by atoms with van der Waals surface area (Å²) in [6, 6.07) is 19.6. The highest BCUT2D eigenvalue weighted by Gasteiger charge is 2.13. The van der Waals surface area contributed by atoms with E-state index in [1.54, 1.807) is 24.3 Å². The largest absolute Gasteiger partial charge is 0.508 e. The van der Waals surface area contributed by atoms with Gasteiger partial charge in [0.15, 0.2) is 0 Å². The van der Waals surface area contributed by atoms with E-state index in [4.69, 9.17) is 21.3 Å². The van der Waals surface area contributed by atoms with Gasteiger partial charge in [0.2, 0.25) is 0 Å². The number of aromatic hydroxyl groups is 1. The lowest BCUT2D eigenvalue weighted by Crippen LogP contribution is -1.96. The van der Waals surface area contributed by atoms with Crippen LogP contribution in [0.25, 0.3) is 0 Å². The quantitative estimate of drug-likeness (QED) is 0.0953. The summed E-state index contributed by atoms with van der Waals surface area (Å²) in [6.45, 7) is 0. The molecule has 12 nitrogen and oxygen atoms in total. The predicted octanol–water partition coefficient (Wildman–Crippen LogP) is 5.30. The number of carbonyl (C=O) groups is 2. The Hall–Kier alpha value is -5.85. The summed E-state index contributed by atoms with van der Waals surface area (Å²) in [5.74, 6) is 0.302. The molecule has 0 aliphatic carbocycles. The number of carbonyl (C=O) groups excluding carboxylic acids is 2. The highest BCUT2D eigenvalue weighted by Crippen LogP contribution is 2.29. The van der Waals surface area contributed by atoms with Crippen molar-refractivity contribution in [1.82, 2.24) is 0 Å². The van der Waals surface area contributed by atoms with Crippen LogP contribution in [0.1, 0.15) is 20.7 Å². The minimum atomic E-state index is -0.644. The Morgan fingerprint density at radius 3 is 1.59 bits per heavy atom. The van der Waals surface area contributed by atoms with Crippen molar-refractivity contribution in [2.24, 2.45) is 0 Å². The van der Waals surface area contributed by atoms with E-state index in [9.17, 15) is 34.2 Å². The van der Waals surface area contributed by atoms with E-state index in [-0.39, 0.29) is 34.3 Å². The van der Waals surface area contributed by atoms with Crippen LogP contribution in [0, 0.1) is 26.0 Å². The first-order valence-electron chi connectivity index (χ1n) is 10.7. The summed E-state index contributed by atoms with van der Waals surface area (Å²) in [4.78, 5) is 40.2. The molecular formula is C26H21FN4O8. The molecule has 13 heteroatoms. The molecule has 0 aromatic heterocycles. The number of halogens is 1. The van der Waals surface area contributed by atoms with Crippen LogP contribution in [0.4, 0.5) is 27.1 Å². The van der Waals surface area contributed by atoms with Crippen LogP contribution in [-0.4, -0.2) is 27.5 Å². The number of hydrogen-bond donors (Lipinski definition) is 3. The normalized spacial score (nSPS) is 9.56. The second-order valence-corrected chi connectivity index (χ2v) is 7.44. The summed E-state index contributed by atoms with van der Waals surface area (Å²) >= 11 is 0. The summed E-state index contributed by atoms with van der Waals surface area (Å²) < 4.78 is 17.6. The Labute approximate surface area is 220 Å². The third-order valence-corrected chi connectivity index (χ3v) is 4.67. The monoisotopic (exact) mass is 536 g/mol. The number of aldehydes is 2. The number of nitro groups is 2. The molecule has 0 aliphatic heterocycles. The van der Waals surface area contributed by atoms with E-state index >= 15 is 0 Å². The maximum Gasteiger partial charge on any atom is 0.295 e. The number of phenols is 1. The van der Waals surface area contributed by atoms with Crippen molar-refractivity contribution in [2.75, 3.05) is 11.5 Å². The Morgan fingerprint density at radius 2 is 1.13 bits per heavy atom. The predicted molar refractivity (Wildman–Crippen MR) is 140 cm³/mol. The Balaban J connectivity index is 0.000000226. The smallest absolute Gasteiger partial charge is 0.295 e. The van der Waals surface area contributed by atoms with Gasteiger partial charge in [0.25, 0.3) is 11.4 Å². The molecule has 200 valence electrons. The lowest BCUT2D eigenvalue weighted by atomic mass is 10.2. The van der Waals surface area contributed by atoms with Gasteiger partial charge in [-0.3, -0.25) is 29.8 Å². The Morgan fingerprint density at radius 1 is 0.692 bits per heavy atom. The highest BCUT2D eigenvalue weighted by atomic mass is 19.1. The third-order valence-electron chi connectivity index (χ3n) is 4.67. The van der Waals surface area contributed by atoms with Gasteiger partial charge in [0.1, 0.15) is 47.0 Å². The van der Waals surface area contributed by atoms with Crippen LogP contribution in [0.2, 0.25) is 0 Å². The first-order valence-corrected chi connectivity index (χ1v) is 10.7. The van der Waals surface area contributed by atoms with Gasteiger partial charge in [-0.25, -0.2) is 4.39 Å². The van der Waals surface area contributed by atoms with E-state index in [2.05, 4.69) is 0 Å². The average molecular weight is 536 g/mol. The van der Waals surface area contributed by atoms with Crippen molar-refractivity contribution in [3.05, 3.63) is 122 Å². The van der Waals surface area contributed by atoms with Crippen molar-refractivity contribution in [2.45, 2.75) is 0 Å². The molecule has 39 heavy (non-hydrogen) atoms. The van der Waals surface area contributed by atoms with E-state index < -0.39 is 9.85 Å². The molecule has 0 saturated carbocycles. The number of ether oxygens (including phenoxy) is 1. The molecular weight excluding hydrogens is 515 g/mol. The maximum absolute atomic E-state index is 12.1. The lowest BCUT2D eigenvalue weighted by Gasteiger charge is -2.06. The second kappa shape index (κ2) is 14.0. The van der Waals surface area contributed by atoms with Crippen molar-refractivity contribution in [3.8, 4) is 17.2 Å². The average Bonchev–Trinajstić information content (AvgIpc) is 2.92. The van der Waals surface area contributed by atoms with Crippen molar-refractivity contribution >= 4 is 35.3 Å². The van der Waals surface area contributed by atoms with Gasteiger partial charge in [-0.15, -0.1) is 0 Å². The second-order valence-electron chi connectivity index (χ2n) is 7.44. The van der Waals surface area contributed by atoms with Crippen molar-refractivity contribution in [3.63, 3.8) is 0 Å². The lowest BCUT2D eigenvalue weighted by molar-refractivity contribution is -0.384. The topological polar surface area (TPSA) is 202 Å². The zero-order valence-corrected chi connectivity index (χ0v) is 20.0. The van der Waals surface area contributed by atoms with Crippen LogP contribution in [0.3, 0.4) is 0 Å². The number of nitrogens with two attached hydrogens (primary N) is 2. The summed E-state index contributed by atoms with van der Waals surface area (Å²) in [5, 5.41) is 29.8. The minimum Gasteiger partial charge on any atom is -0.508 e. The number of nitrogens with zero attached hydrogens (tertiary/aromatic N) is 2. The molecule has 0 amide bonds. The van der Waals surface area contributed by atoms with Gasteiger partial charge in [0, 0.05) is 11.1 Å². The van der Waals surface area contributed by atoms with Gasteiger partial charge in [0.05, 0.1) is 22.0 Å². The molecule has 0 radical (unpaired) electrons. The fourth-order valence-electron chi connectivity index (χ4n) is 2.73. The summed E-state index contributed by atoms with van der Waals surface area (Å²) in [6.07, 6.45) is 1.40. The fourth-order valence-corrected chi connectivity index (χ4v) is 2.73. The Kier molecular flexibility index (Phi) is 10.6. The molecule has 4 aromatic carbocycles. The number of phenolic OH excluding ortho intramolecular Hbond substituents is 1. The zero-order valence-electron chi connectivity index (χ0n) is 20.0. The molecule has 0 saturated heterocycles. The van der Waals surface area contributed by atoms with Crippen molar-refractivity contribution < 1.29 is 33.7 Å². The molecule has 0 heterocycles. The molecule has 4 aromatic rings. The number of rotatable bonds is 6. The molecule has 0 fully saturated rings. The third kappa shape index (κ3) is 9.27. The molecule has 0 spiro atoms. The van der Waals surface area contributed by atoms with Crippen molar-refractivity contribution in [1.29, 1.82) is 0 Å². The number of nitro benzene ring substituents is 2. The minimum absolute atomic E-state index is 0.0489. The molecule has 0 aliphatic rings. The van der Waals surface area contributed by atoms with Gasteiger partial charge in [-0.05, 0) is 72.8 Å². The SMILES string of the molecule is Nc1ccc(O)cc1[N+](=O)[O-].Nc1ccc(Oc2ccc(C=O)cc2)cc1[N+](=O)[O-].O=Cc1ccc(F)cc1. The van der Waals surface area contributed by atoms with E-state index in [0.29, 0.717) is 28.9 Å². The molecule has 4 rings (SSSR count). The van der Waals surface area contributed by atoms with Gasteiger partial charge in [-0.2, -0.15) is 0 Å². The van der Waals surface area contributed by atoms with E-state index in [1.807, 2.05) is 0 Å². The van der Waals surface area contributed by atoms with Crippen LogP contribution in [0.15, 0.2) is 84.9 Å². The fraction of sp³-hybridized carbons (Fsp3) is 0. The maximum atomic E-state index is 12.1. The summed E-state index contributed by atoms with van der Waals surface area (Å²) in [5.41, 5.74) is 11.4. The Bertz CT molecular complexity index is 1460. The highest BCUT2D eigenvalue weighted by molar-refractivity contribution is 5.75. The zero-order chi connectivity index (χ0) is 28.9. The standard InChI is InChI=1S/C13H10N2O4.C7H5FO.C6H6N2O3/c14-12-6-5-11(7-13(12)15(17)18)19-10-3-1-9(8-16)2-4-10;8-7-3-1-6(5-9)2-4-7;7-5-2-1-4(9)3-6(5)8(10)11/h1-8H,14H2;1-5H;1-3,9H,7H2. The molecule has 0 atom stereocenters. The number of nitrogen functional groups attached to an aromatic ring is 2. The number of hydrogen-bond acceptors (Lipinski definition) is 10. The van der Waals surface area contributed by atoms with E-state index in [0.717, 1.165) is 12.4 Å². The summed E-state index contributed by atoms with van der Waals surface area (Å²) in [7, 11) is 0. The number of anilines is 2. The number of benzene rings is 4. The molecule has 5 N–H and O–H groups in total. The van der Waals surface area contributed by atoms with Gasteiger partial charge >= 0.3 is 0 Å². The van der Waals surface area contributed by atoms with Crippen LogP contribution < -0.4 is 16.2 Å². The van der Waals surface area contributed by atoms with Gasteiger partial charge in [-0.1, -0.05) is 0 Å². The molecule has 0 unspecified atom stereocenters. The first kappa shape index (κ1) is 29.4. The van der Waals surface area contributed by atoms with Crippen LogP contribution in [-0.2, 0) is 0 Å². The van der Waals surface area contributed by atoms with Gasteiger partial charge < -0.3 is 21.3 Å². The van der Waals surface area contributed by atoms with E-state index in [1.165, 1.54) is 54.6 Å².